The first-order chi connectivity index (χ1) is 14.5. The van der Waals surface area contributed by atoms with E-state index in [-0.39, 0.29) is 5.75 Å². The lowest BCUT2D eigenvalue weighted by Gasteiger charge is -2.10. The quantitative estimate of drug-likeness (QED) is 0.396. The van der Waals surface area contributed by atoms with E-state index >= 15 is 0 Å². The molecule has 0 fully saturated rings. The van der Waals surface area contributed by atoms with Crippen LogP contribution in [0.1, 0.15) is 0 Å². The van der Waals surface area contributed by atoms with E-state index in [1.165, 1.54) is 18.2 Å². The second-order valence-electron chi connectivity index (χ2n) is 6.62. The van der Waals surface area contributed by atoms with Crippen LogP contribution in [-0.4, -0.2) is 25.9 Å². The molecule has 8 heteroatoms. The highest BCUT2D eigenvalue weighted by Gasteiger charge is 2.31. The third kappa shape index (κ3) is 3.32. The predicted octanol–water partition coefficient (Wildman–Crippen LogP) is 5.51. The Morgan fingerprint density at radius 1 is 0.833 bits per heavy atom. The minimum Gasteiger partial charge on any atom is -0.406 e. The number of alkyl halides is 3. The molecule has 30 heavy (non-hydrogen) atoms. The van der Waals surface area contributed by atoms with Gasteiger partial charge in [0, 0.05) is 23.3 Å². The fourth-order valence-electron chi connectivity index (χ4n) is 3.43. The molecule has 3 aromatic heterocycles. The van der Waals surface area contributed by atoms with Gasteiger partial charge in [-0.2, -0.15) is 0 Å². The topological polar surface area (TPSA) is 52.3 Å². The number of aromatic nitrogens is 4. The molecule has 0 saturated heterocycles. The Labute approximate surface area is 168 Å². The molecule has 2 aromatic carbocycles. The number of fused-ring (bicyclic) bond motifs is 2. The molecule has 0 aliphatic rings. The zero-order valence-electron chi connectivity index (χ0n) is 15.3. The molecule has 5 rings (SSSR count). The van der Waals surface area contributed by atoms with Crippen molar-refractivity contribution in [2.24, 2.45) is 0 Å². The molecule has 0 amide bonds. The minimum atomic E-state index is -4.76. The van der Waals surface area contributed by atoms with Crippen LogP contribution < -0.4 is 4.74 Å². The van der Waals surface area contributed by atoms with E-state index in [9.17, 15) is 13.2 Å². The average Bonchev–Trinajstić information content (AvgIpc) is 3.15. The van der Waals surface area contributed by atoms with E-state index in [0.717, 1.165) is 22.0 Å². The van der Waals surface area contributed by atoms with E-state index in [4.69, 9.17) is 0 Å². The third-order valence-corrected chi connectivity index (χ3v) is 4.68. The van der Waals surface area contributed by atoms with E-state index < -0.39 is 6.36 Å². The zero-order chi connectivity index (χ0) is 20.7. The molecule has 0 unspecified atom stereocenters. The highest BCUT2D eigenvalue weighted by molar-refractivity contribution is 5.94. The van der Waals surface area contributed by atoms with E-state index in [1.54, 1.807) is 16.7 Å². The van der Waals surface area contributed by atoms with Gasteiger partial charge in [-0.3, -0.25) is 9.38 Å². The van der Waals surface area contributed by atoms with Gasteiger partial charge in [-0.25, -0.2) is 0 Å². The molecule has 5 nitrogen and oxygen atoms in total. The van der Waals surface area contributed by atoms with Crippen LogP contribution in [0.5, 0.6) is 5.75 Å². The summed E-state index contributed by atoms with van der Waals surface area (Å²) in [6.07, 6.45) is -1.16. The number of rotatable bonds is 3. The van der Waals surface area contributed by atoms with Crippen LogP contribution >= 0.6 is 0 Å². The molecular formula is C22H13F3N4O. The van der Waals surface area contributed by atoms with E-state index in [2.05, 4.69) is 19.9 Å². The van der Waals surface area contributed by atoms with Gasteiger partial charge in [-0.05, 0) is 47.5 Å². The summed E-state index contributed by atoms with van der Waals surface area (Å²) in [7, 11) is 0. The Bertz CT molecular complexity index is 1370. The van der Waals surface area contributed by atoms with Crippen LogP contribution in [0, 0.1) is 0 Å². The lowest BCUT2D eigenvalue weighted by atomic mass is 10.0. The monoisotopic (exact) mass is 406 g/mol. The summed E-state index contributed by atoms with van der Waals surface area (Å²) >= 11 is 0. The van der Waals surface area contributed by atoms with Gasteiger partial charge in [-0.15, -0.1) is 23.4 Å². The maximum atomic E-state index is 12.6. The minimum absolute atomic E-state index is 0.312. The van der Waals surface area contributed by atoms with Gasteiger partial charge in [0.1, 0.15) is 5.75 Å². The molecule has 0 atom stereocenters. The summed E-state index contributed by atoms with van der Waals surface area (Å²) in [5, 5.41) is 9.29. The number of nitrogens with zero attached hydrogens (tertiary/aromatic N) is 4. The molecule has 0 aliphatic heterocycles. The largest absolute Gasteiger partial charge is 0.573 e. The number of hydrogen-bond acceptors (Lipinski definition) is 4. The number of halogens is 3. The number of benzene rings is 2. The summed E-state index contributed by atoms with van der Waals surface area (Å²) in [5.74, 6) is 0.103. The Balaban J connectivity index is 1.63. The van der Waals surface area contributed by atoms with Gasteiger partial charge in [0.25, 0.3) is 0 Å². The SMILES string of the molecule is FC(F)(F)Oc1cccc(-c2nnc3ccc(-c4cccc5ncccc45)cn23)c1. The maximum Gasteiger partial charge on any atom is 0.573 e. The second kappa shape index (κ2) is 6.84. The normalized spacial score (nSPS) is 11.8. The molecule has 148 valence electrons. The summed E-state index contributed by atoms with van der Waals surface area (Å²) in [6, 6.07) is 19.2. The first-order valence-electron chi connectivity index (χ1n) is 9.03. The summed E-state index contributed by atoms with van der Waals surface area (Å²) in [5.41, 5.74) is 3.80. The van der Waals surface area contributed by atoms with Gasteiger partial charge in [0.15, 0.2) is 11.5 Å². The van der Waals surface area contributed by atoms with Crippen molar-refractivity contribution in [2.75, 3.05) is 0 Å². The van der Waals surface area contributed by atoms with Crippen molar-refractivity contribution >= 4 is 16.6 Å². The molecule has 0 saturated carbocycles. The Hall–Kier alpha value is -3.94. The van der Waals surface area contributed by atoms with Gasteiger partial charge in [0.05, 0.1) is 5.52 Å². The second-order valence-corrected chi connectivity index (χ2v) is 6.62. The van der Waals surface area contributed by atoms with Crippen molar-refractivity contribution in [1.82, 2.24) is 19.6 Å². The maximum absolute atomic E-state index is 12.6. The van der Waals surface area contributed by atoms with Gasteiger partial charge in [0.2, 0.25) is 0 Å². The van der Waals surface area contributed by atoms with Crippen LogP contribution in [-0.2, 0) is 0 Å². The Kier molecular flexibility index (Phi) is 4.13. The van der Waals surface area contributed by atoms with Crippen LogP contribution in [0.4, 0.5) is 13.2 Å². The molecule has 0 radical (unpaired) electrons. The summed E-state index contributed by atoms with van der Waals surface area (Å²) in [6.45, 7) is 0. The van der Waals surface area contributed by atoms with Crippen LogP contribution in [0.3, 0.4) is 0 Å². The van der Waals surface area contributed by atoms with Crippen molar-refractivity contribution in [1.29, 1.82) is 0 Å². The third-order valence-electron chi connectivity index (χ3n) is 4.68. The molecular weight excluding hydrogens is 393 g/mol. The van der Waals surface area contributed by atoms with Gasteiger partial charge in [-0.1, -0.05) is 30.3 Å². The fraction of sp³-hybridized carbons (Fsp3) is 0.0455. The lowest BCUT2D eigenvalue weighted by molar-refractivity contribution is -0.274. The predicted molar refractivity (Wildman–Crippen MR) is 106 cm³/mol. The van der Waals surface area contributed by atoms with Crippen LogP contribution in [0.2, 0.25) is 0 Å². The molecule has 0 N–H and O–H groups in total. The summed E-state index contributed by atoms with van der Waals surface area (Å²) in [4.78, 5) is 4.39. The van der Waals surface area contributed by atoms with Crippen molar-refractivity contribution < 1.29 is 17.9 Å². The standard InChI is InChI=1S/C22H13F3N4O/c23-22(24,25)30-16-5-1-4-14(12-16)21-28-27-20-10-9-15(13-29(20)21)17-6-2-8-19-18(17)7-3-11-26-19/h1-13H. The van der Waals surface area contributed by atoms with Crippen molar-refractivity contribution in [3.63, 3.8) is 0 Å². The number of pyridine rings is 2. The van der Waals surface area contributed by atoms with E-state index in [1.807, 2.05) is 48.7 Å². The number of hydrogen-bond donors (Lipinski definition) is 0. The van der Waals surface area contributed by atoms with Gasteiger partial charge < -0.3 is 4.74 Å². The highest BCUT2D eigenvalue weighted by atomic mass is 19.4. The highest BCUT2D eigenvalue weighted by Crippen LogP contribution is 2.30. The first kappa shape index (κ1) is 18.1. The average molecular weight is 406 g/mol. The Morgan fingerprint density at radius 2 is 1.70 bits per heavy atom. The first-order valence-corrected chi connectivity index (χ1v) is 9.03. The molecule has 5 aromatic rings. The fourth-order valence-corrected chi connectivity index (χ4v) is 3.43. The smallest absolute Gasteiger partial charge is 0.406 e. The summed E-state index contributed by atoms with van der Waals surface area (Å²) < 4.78 is 43.5. The Morgan fingerprint density at radius 3 is 2.57 bits per heavy atom. The van der Waals surface area contributed by atoms with Crippen molar-refractivity contribution in [2.45, 2.75) is 6.36 Å². The molecule has 0 aliphatic carbocycles. The zero-order valence-corrected chi connectivity index (χ0v) is 15.3. The molecule has 0 spiro atoms. The number of ether oxygens (including phenoxy) is 1. The van der Waals surface area contributed by atoms with Crippen molar-refractivity contribution in [3.8, 4) is 28.3 Å². The lowest BCUT2D eigenvalue weighted by Crippen LogP contribution is -2.17. The van der Waals surface area contributed by atoms with Crippen LogP contribution in [0.25, 0.3) is 39.1 Å². The van der Waals surface area contributed by atoms with E-state index in [0.29, 0.717) is 17.0 Å². The molecule has 0 bridgehead atoms. The van der Waals surface area contributed by atoms with Gasteiger partial charge >= 0.3 is 6.36 Å². The van der Waals surface area contributed by atoms with Crippen molar-refractivity contribution in [3.05, 3.63) is 79.1 Å². The van der Waals surface area contributed by atoms with Crippen LogP contribution in [0.15, 0.2) is 79.1 Å². The molecule has 3 heterocycles.